The van der Waals surface area contributed by atoms with Crippen molar-refractivity contribution in [3.63, 3.8) is 0 Å². The standard InChI is InChI=1S/C14H17NO3/c1-3-7-13(16)15-12(14(17)18-2)10-11-8-5-4-6-9-11/h3-9,12H,10H2,1-2H3,(H,15,16). The molecule has 4 heteroatoms. The lowest BCUT2D eigenvalue weighted by Crippen LogP contribution is -2.42. The number of hydrogen-bond acceptors (Lipinski definition) is 3. The number of allylic oxidation sites excluding steroid dienone is 1. The van der Waals surface area contributed by atoms with E-state index in [2.05, 4.69) is 10.1 Å². The molecule has 0 heterocycles. The highest BCUT2D eigenvalue weighted by atomic mass is 16.5. The molecule has 1 rings (SSSR count). The number of carbonyl (C=O) groups is 2. The van der Waals surface area contributed by atoms with Gasteiger partial charge in [0.05, 0.1) is 7.11 Å². The molecule has 0 saturated heterocycles. The van der Waals surface area contributed by atoms with E-state index in [0.717, 1.165) is 5.56 Å². The number of nitrogens with one attached hydrogen (secondary N) is 1. The molecule has 1 unspecified atom stereocenters. The van der Waals surface area contributed by atoms with Crippen LogP contribution < -0.4 is 5.32 Å². The zero-order valence-electron chi connectivity index (χ0n) is 10.6. The molecule has 0 bridgehead atoms. The van der Waals surface area contributed by atoms with Crippen molar-refractivity contribution in [3.8, 4) is 0 Å². The Hall–Kier alpha value is -2.10. The van der Waals surface area contributed by atoms with Gasteiger partial charge in [-0.1, -0.05) is 36.4 Å². The Morgan fingerprint density at radius 1 is 1.33 bits per heavy atom. The fraction of sp³-hybridized carbons (Fsp3) is 0.286. The largest absolute Gasteiger partial charge is 0.467 e. The maximum atomic E-state index is 11.6. The normalized spacial score (nSPS) is 12.1. The third-order valence-corrected chi connectivity index (χ3v) is 2.40. The van der Waals surface area contributed by atoms with Crippen LogP contribution in [0.4, 0.5) is 0 Å². The van der Waals surface area contributed by atoms with E-state index in [1.165, 1.54) is 13.2 Å². The lowest BCUT2D eigenvalue weighted by atomic mass is 10.1. The summed E-state index contributed by atoms with van der Waals surface area (Å²) in [5.74, 6) is -0.750. The van der Waals surface area contributed by atoms with Gasteiger partial charge in [0, 0.05) is 6.42 Å². The van der Waals surface area contributed by atoms with E-state index in [1.54, 1.807) is 13.0 Å². The van der Waals surface area contributed by atoms with Crippen LogP contribution in [-0.4, -0.2) is 25.0 Å². The van der Waals surface area contributed by atoms with Crippen LogP contribution in [0.2, 0.25) is 0 Å². The van der Waals surface area contributed by atoms with E-state index >= 15 is 0 Å². The number of hydrogen-bond donors (Lipinski definition) is 1. The molecule has 18 heavy (non-hydrogen) atoms. The number of rotatable bonds is 5. The van der Waals surface area contributed by atoms with Crippen LogP contribution in [-0.2, 0) is 20.7 Å². The Bertz CT molecular complexity index is 426. The number of esters is 1. The summed E-state index contributed by atoms with van der Waals surface area (Å²) < 4.78 is 4.69. The molecular weight excluding hydrogens is 230 g/mol. The van der Waals surface area contributed by atoms with Crippen molar-refractivity contribution in [3.05, 3.63) is 48.0 Å². The van der Waals surface area contributed by atoms with Crippen molar-refractivity contribution in [1.82, 2.24) is 5.32 Å². The van der Waals surface area contributed by atoms with Gasteiger partial charge in [-0.2, -0.15) is 0 Å². The second-order valence-corrected chi connectivity index (χ2v) is 3.77. The van der Waals surface area contributed by atoms with Crippen LogP contribution in [0.15, 0.2) is 42.5 Å². The smallest absolute Gasteiger partial charge is 0.328 e. The Morgan fingerprint density at radius 3 is 2.56 bits per heavy atom. The van der Waals surface area contributed by atoms with Crippen molar-refractivity contribution in [1.29, 1.82) is 0 Å². The van der Waals surface area contributed by atoms with Gasteiger partial charge in [0.15, 0.2) is 0 Å². The second kappa shape index (κ2) is 7.27. The second-order valence-electron chi connectivity index (χ2n) is 3.77. The van der Waals surface area contributed by atoms with Gasteiger partial charge in [-0.25, -0.2) is 4.79 Å². The van der Waals surface area contributed by atoms with Gasteiger partial charge >= 0.3 is 5.97 Å². The van der Waals surface area contributed by atoms with Crippen LogP contribution in [0.5, 0.6) is 0 Å². The van der Waals surface area contributed by atoms with E-state index in [-0.39, 0.29) is 5.91 Å². The molecule has 1 amide bonds. The summed E-state index contributed by atoms with van der Waals surface area (Å²) in [5, 5.41) is 2.62. The maximum absolute atomic E-state index is 11.6. The maximum Gasteiger partial charge on any atom is 0.328 e. The van der Waals surface area contributed by atoms with Crippen molar-refractivity contribution < 1.29 is 14.3 Å². The first-order valence-corrected chi connectivity index (χ1v) is 5.72. The van der Waals surface area contributed by atoms with Crippen LogP contribution in [0.1, 0.15) is 12.5 Å². The summed E-state index contributed by atoms with van der Waals surface area (Å²) >= 11 is 0. The van der Waals surface area contributed by atoms with E-state index in [9.17, 15) is 9.59 Å². The van der Waals surface area contributed by atoms with Crippen LogP contribution in [0.3, 0.4) is 0 Å². The fourth-order valence-electron chi connectivity index (χ4n) is 1.56. The molecule has 0 aliphatic rings. The molecule has 0 fully saturated rings. The van der Waals surface area contributed by atoms with Crippen molar-refractivity contribution in [2.24, 2.45) is 0 Å². The van der Waals surface area contributed by atoms with Crippen LogP contribution >= 0.6 is 0 Å². The highest BCUT2D eigenvalue weighted by Gasteiger charge is 2.20. The number of amides is 1. The number of carbonyl (C=O) groups excluding carboxylic acids is 2. The lowest BCUT2D eigenvalue weighted by Gasteiger charge is -2.15. The molecule has 1 N–H and O–H groups in total. The van der Waals surface area contributed by atoms with Gasteiger partial charge < -0.3 is 10.1 Å². The van der Waals surface area contributed by atoms with Gasteiger partial charge in [0.2, 0.25) is 5.91 Å². The summed E-state index contributed by atoms with van der Waals surface area (Å²) in [5.41, 5.74) is 0.966. The Labute approximate surface area is 107 Å². The predicted molar refractivity (Wildman–Crippen MR) is 68.9 cm³/mol. The molecule has 1 aromatic carbocycles. The molecule has 0 aromatic heterocycles. The first-order chi connectivity index (χ1) is 8.67. The zero-order chi connectivity index (χ0) is 13.4. The highest BCUT2D eigenvalue weighted by Crippen LogP contribution is 2.04. The lowest BCUT2D eigenvalue weighted by molar-refractivity contribution is -0.144. The van der Waals surface area contributed by atoms with Crippen molar-refractivity contribution in [2.75, 3.05) is 7.11 Å². The Balaban J connectivity index is 2.73. The van der Waals surface area contributed by atoms with Crippen LogP contribution in [0, 0.1) is 0 Å². The van der Waals surface area contributed by atoms with E-state index < -0.39 is 12.0 Å². The Morgan fingerprint density at radius 2 is 2.00 bits per heavy atom. The molecular formula is C14H17NO3. The number of ether oxygens (including phenoxy) is 1. The van der Waals surface area contributed by atoms with E-state index in [4.69, 9.17) is 0 Å². The topological polar surface area (TPSA) is 55.4 Å². The fourth-order valence-corrected chi connectivity index (χ4v) is 1.56. The SMILES string of the molecule is CC=CC(=O)NC(Cc1ccccc1)C(=O)OC. The van der Waals surface area contributed by atoms with Gasteiger partial charge in [-0.3, -0.25) is 4.79 Å². The van der Waals surface area contributed by atoms with E-state index in [0.29, 0.717) is 6.42 Å². The molecule has 0 radical (unpaired) electrons. The average Bonchev–Trinajstić information content (AvgIpc) is 2.38. The van der Waals surface area contributed by atoms with Gasteiger partial charge in [0.1, 0.15) is 6.04 Å². The molecule has 0 aliphatic carbocycles. The molecule has 1 atom stereocenters. The Kier molecular flexibility index (Phi) is 5.64. The molecule has 1 aromatic rings. The third-order valence-electron chi connectivity index (χ3n) is 2.40. The highest BCUT2D eigenvalue weighted by molar-refractivity contribution is 5.91. The average molecular weight is 247 g/mol. The minimum atomic E-state index is -0.666. The molecule has 0 saturated carbocycles. The van der Waals surface area contributed by atoms with Crippen LogP contribution in [0.25, 0.3) is 0 Å². The summed E-state index contributed by atoms with van der Waals surface area (Å²) in [6.07, 6.45) is 3.41. The minimum Gasteiger partial charge on any atom is -0.467 e. The summed E-state index contributed by atoms with van der Waals surface area (Å²) in [7, 11) is 1.31. The van der Waals surface area contributed by atoms with Crippen molar-refractivity contribution >= 4 is 11.9 Å². The molecule has 96 valence electrons. The van der Waals surface area contributed by atoms with Gasteiger partial charge in [-0.15, -0.1) is 0 Å². The molecule has 0 aliphatic heterocycles. The third kappa shape index (κ3) is 4.41. The molecule has 4 nitrogen and oxygen atoms in total. The summed E-state index contributed by atoms with van der Waals surface area (Å²) in [4.78, 5) is 23.1. The number of methoxy groups -OCH3 is 1. The first-order valence-electron chi connectivity index (χ1n) is 5.72. The number of benzene rings is 1. The quantitative estimate of drug-likeness (QED) is 0.633. The van der Waals surface area contributed by atoms with Gasteiger partial charge in [-0.05, 0) is 18.6 Å². The zero-order valence-corrected chi connectivity index (χ0v) is 10.6. The summed E-state index contributed by atoms with van der Waals surface area (Å²) in [6, 6.07) is 8.81. The van der Waals surface area contributed by atoms with Crippen molar-refractivity contribution in [2.45, 2.75) is 19.4 Å². The van der Waals surface area contributed by atoms with Gasteiger partial charge in [0.25, 0.3) is 0 Å². The monoisotopic (exact) mass is 247 g/mol. The summed E-state index contributed by atoms with van der Waals surface area (Å²) in [6.45, 7) is 1.74. The molecule has 0 spiro atoms. The minimum absolute atomic E-state index is 0.302. The predicted octanol–water partition coefficient (Wildman–Crippen LogP) is 1.46. The first kappa shape index (κ1) is 14.0. The van der Waals surface area contributed by atoms with E-state index in [1.807, 2.05) is 30.3 Å².